The van der Waals surface area contributed by atoms with Crippen LogP contribution in [0.4, 0.5) is 0 Å². The van der Waals surface area contributed by atoms with Gasteiger partial charge in [-0.2, -0.15) is 0 Å². The van der Waals surface area contributed by atoms with E-state index >= 15 is 0 Å². The summed E-state index contributed by atoms with van der Waals surface area (Å²) in [6.07, 6.45) is 75.6. The fourth-order valence-corrected chi connectivity index (χ4v) is 12.2. The Morgan fingerprint density at radius 3 is 0.830 bits per heavy atom. The molecule has 0 spiro atoms. The average Bonchev–Trinajstić information content (AvgIpc) is 0.946. The van der Waals surface area contributed by atoms with E-state index in [0.29, 0.717) is 25.7 Å². The van der Waals surface area contributed by atoms with Crippen molar-refractivity contribution >= 4 is 39.5 Å². The van der Waals surface area contributed by atoms with E-state index in [2.05, 4.69) is 113 Å². The first-order chi connectivity index (χ1) is 48.7. The molecule has 0 bridgehead atoms. The molecule has 19 heteroatoms. The van der Waals surface area contributed by atoms with E-state index in [0.717, 1.165) is 186 Å². The molecule has 0 saturated heterocycles. The lowest BCUT2D eigenvalue weighted by molar-refractivity contribution is -0.161. The van der Waals surface area contributed by atoms with Gasteiger partial charge in [-0.3, -0.25) is 37.3 Å². The van der Waals surface area contributed by atoms with E-state index in [-0.39, 0.29) is 25.7 Å². The lowest BCUT2D eigenvalue weighted by Crippen LogP contribution is -2.30. The average molecular weight is 1450 g/mol. The summed E-state index contributed by atoms with van der Waals surface area (Å²) in [5.41, 5.74) is 0. The standard InChI is InChI=1S/C81H144O17P2/c1-5-9-13-17-21-25-29-33-35-36-37-38-40-43-46-50-54-58-62-66-79(84)92-72-77(98-81(86)68-64-60-56-52-48-44-39-34-30-26-22-18-14-10-6-2)74-96-100(89,90)94-70-75(82)69-93-99(87,88)95-73-76(97-80(85)67-63-59-55-51-47-42-32-28-24-20-16-12-8-4)71-91-78(83)65-61-57-53-49-45-41-31-27-23-19-15-11-7-3/h15,19,21,25,27-28,31-35,37-39,75-77,82H,5-14,16-18,20,22-24,26,29-30,36,40-74H2,1-4H3,(H,87,88)(H,89,90)/b19-15-,25-21-,31-27-,32-28-,35-33-,38-37-,39-34-. The van der Waals surface area contributed by atoms with Crippen LogP contribution >= 0.6 is 15.6 Å². The number of hydrogen-bond donors (Lipinski definition) is 3. The van der Waals surface area contributed by atoms with Gasteiger partial charge < -0.3 is 33.8 Å². The maximum Gasteiger partial charge on any atom is 0.472 e. The van der Waals surface area contributed by atoms with Crippen LogP contribution < -0.4 is 0 Å². The van der Waals surface area contributed by atoms with Crippen LogP contribution in [-0.2, 0) is 65.4 Å². The van der Waals surface area contributed by atoms with E-state index in [1.165, 1.54) is 83.5 Å². The number of hydrogen-bond acceptors (Lipinski definition) is 15. The monoisotopic (exact) mass is 1450 g/mol. The van der Waals surface area contributed by atoms with Crippen LogP contribution in [0, 0.1) is 0 Å². The third kappa shape index (κ3) is 72.6. The number of allylic oxidation sites excluding steroid dienone is 14. The molecule has 0 amide bonds. The maximum atomic E-state index is 13.1. The number of phosphoric acid groups is 2. The zero-order valence-corrected chi connectivity index (χ0v) is 65.2. The van der Waals surface area contributed by atoms with Gasteiger partial charge in [0.2, 0.25) is 0 Å². The number of aliphatic hydroxyl groups excluding tert-OH is 1. The normalized spacial score (nSPS) is 14.3. The first-order valence-corrected chi connectivity index (χ1v) is 42.8. The zero-order valence-electron chi connectivity index (χ0n) is 63.4. The first-order valence-electron chi connectivity index (χ1n) is 39.8. The van der Waals surface area contributed by atoms with Gasteiger partial charge in [0, 0.05) is 25.7 Å². The third-order valence-electron chi connectivity index (χ3n) is 16.8. The highest BCUT2D eigenvalue weighted by molar-refractivity contribution is 7.47. The van der Waals surface area contributed by atoms with Crippen LogP contribution in [0.3, 0.4) is 0 Å². The number of esters is 4. The molecule has 0 fully saturated rings. The Kier molecular flexibility index (Phi) is 70.8. The largest absolute Gasteiger partial charge is 0.472 e. The number of rotatable bonds is 75. The van der Waals surface area contributed by atoms with Crippen molar-refractivity contribution in [3.63, 3.8) is 0 Å². The van der Waals surface area contributed by atoms with E-state index in [4.69, 9.17) is 37.0 Å². The van der Waals surface area contributed by atoms with Crippen LogP contribution in [0.1, 0.15) is 349 Å². The molecule has 580 valence electrons. The molecule has 0 aromatic carbocycles. The number of carbonyl (C=O) groups excluding carboxylic acids is 4. The summed E-state index contributed by atoms with van der Waals surface area (Å²) in [4.78, 5) is 72.9. The van der Waals surface area contributed by atoms with Crippen molar-refractivity contribution in [2.24, 2.45) is 0 Å². The van der Waals surface area contributed by atoms with E-state index < -0.39 is 97.5 Å². The van der Waals surface area contributed by atoms with E-state index in [1.54, 1.807) is 0 Å². The second kappa shape index (κ2) is 73.5. The Labute approximate surface area is 608 Å². The summed E-state index contributed by atoms with van der Waals surface area (Å²) in [6, 6.07) is 0. The van der Waals surface area contributed by atoms with E-state index in [1.807, 2.05) is 0 Å². The van der Waals surface area contributed by atoms with Crippen molar-refractivity contribution < 1.29 is 80.2 Å². The van der Waals surface area contributed by atoms with Crippen molar-refractivity contribution in [1.29, 1.82) is 0 Å². The predicted octanol–water partition coefficient (Wildman–Crippen LogP) is 23.0. The molecule has 0 radical (unpaired) electrons. The van der Waals surface area contributed by atoms with Crippen molar-refractivity contribution in [2.75, 3.05) is 39.6 Å². The zero-order chi connectivity index (χ0) is 73.2. The van der Waals surface area contributed by atoms with Gasteiger partial charge in [0.25, 0.3) is 0 Å². The smallest absolute Gasteiger partial charge is 0.462 e. The van der Waals surface area contributed by atoms with E-state index in [9.17, 15) is 43.2 Å². The maximum absolute atomic E-state index is 13.1. The van der Waals surface area contributed by atoms with Gasteiger partial charge in [-0.25, -0.2) is 9.13 Å². The molecule has 3 N–H and O–H groups in total. The van der Waals surface area contributed by atoms with Crippen LogP contribution in [-0.4, -0.2) is 96.7 Å². The van der Waals surface area contributed by atoms with Crippen LogP contribution in [0.5, 0.6) is 0 Å². The molecule has 0 heterocycles. The summed E-state index contributed by atoms with van der Waals surface area (Å²) in [7, 11) is -9.96. The Morgan fingerprint density at radius 1 is 0.280 bits per heavy atom. The first kappa shape index (κ1) is 96.2. The van der Waals surface area contributed by atoms with Crippen LogP contribution in [0.15, 0.2) is 85.1 Å². The Balaban J connectivity index is 5.35. The topological polar surface area (TPSA) is 237 Å². The summed E-state index contributed by atoms with van der Waals surface area (Å²) in [5, 5.41) is 10.6. The van der Waals surface area contributed by atoms with Gasteiger partial charge in [-0.15, -0.1) is 0 Å². The van der Waals surface area contributed by atoms with Crippen LogP contribution in [0.2, 0.25) is 0 Å². The summed E-state index contributed by atoms with van der Waals surface area (Å²) >= 11 is 0. The molecule has 0 aliphatic carbocycles. The fourth-order valence-electron chi connectivity index (χ4n) is 10.7. The molecule has 0 aliphatic rings. The molecule has 0 aromatic heterocycles. The summed E-state index contributed by atoms with van der Waals surface area (Å²) < 4.78 is 68.5. The molecular weight excluding hydrogens is 1310 g/mol. The van der Waals surface area contributed by atoms with Gasteiger partial charge in [0.1, 0.15) is 19.3 Å². The van der Waals surface area contributed by atoms with Crippen molar-refractivity contribution in [1.82, 2.24) is 0 Å². The van der Waals surface area contributed by atoms with Gasteiger partial charge in [-0.05, 0) is 141 Å². The minimum Gasteiger partial charge on any atom is -0.462 e. The van der Waals surface area contributed by atoms with Crippen LogP contribution in [0.25, 0.3) is 0 Å². The van der Waals surface area contributed by atoms with Gasteiger partial charge in [-0.1, -0.05) is 267 Å². The van der Waals surface area contributed by atoms with Gasteiger partial charge in [0.15, 0.2) is 12.2 Å². The lowest BCUT2D eigenvalue weighted by atomic mass is 10.1. The highest BCUT2D eigenvalue weighted by atomic mass is 31.2. The highest BCUT2D eigenvalue weighted by Crippen LogP contribution is 2.45. The minimum absolute atomic E-state index is 0.0831. The molecule has 0 aliphatic heterocycles. The Bertz CT molecular complexity index is 2230. The summed E-state index contributed by atoms with van der Waals surface area (Å²) in [6.45, 7) is 4.75. The molecule has 0 saturated carbocycles. The molecule has 17 nitrogen and oxygen atoms in total. The van der Waals surface area contributed by atoms with Gasteiger partial charge in [0.05, 0.1) is 26.4 Å². The minimum atomic E-state index is -4.98. The molecule has 0 aromatic rings. The Hall–Kier alpha value is -3.76. The van der Waals surface area contributed by atoms with Crippen molar-refractivity contribution in [3.05, 3.63) is 85.1 Å². The number of ether oxygens (including phenoxy) is 4. The number of unbranched alkanes of at least 4 members (excludes halogenated alkanes) is 35. The predicted molar refractivity (Wildman–Crippen MR) is 409 cm³/mol. The Morgan fingerprint density at radius 2 is 0.510 bits per heavy atom. The fraction of sp³-hybridized carbons (Fsp3) is 0.778. The molecule has 0 rings (SSSR count). The molecular formula is C81H144O17P2. The summed E-state index contributed by atoms with van der Waals surface area (Å²) in [5.74, 6) is -2.20. The van der Waals surface area contributed by atoms with Crippen molar-refractivity contribution in [2.45, 2.75) is 367 Å². The molecule has 5 unspecified atom stereocenters. The van der Waals surface area contributed by atoms with Crippen molar-refractivity contribution in [3.8, 4) is 0 Å². The number of phosphoric ester groups is 2. The molecule has 100 heavy (non-hydrogen) atoms. The third-order valence-corrected chi connectivity index (χ3v) is 18.7. The lowest BCUT2D eigenvalue weighted by Gasteiger charge is -2.21. The highest BCUT2D eigenvalue weighted by Gasteiger charge is 2.30. The second-order valence-corrected chi connectivity index (χ2v) is 29.5. The second-order valence-electron chi connectivity index (χ2n) is 26.6. The van der Waals surface area contributed by atoms with Gasteiger partial charge >= 0.3 is 39.5 Å². The number of aliphatic hydroxyl groups is 1. The number of carbonyl (C=O) groups is 4. The SMILES string of the molecule is CCC/C=C\C/C=C\CCCCCCCC(=O)OCC(COP(=O)(O)OCC(O)COP(=O)(O)OCC(COC(=O)CCCCCCCC/C=C\C/C=C\C/C=C\CCCCC)OC(=O)CCCCCCC/C=C\CCCCCCCC)OC(=O)CCCCCCC/C=C\CCCCCC. The molecule has 5 atom stereocenters. The quantitative estimate of drug-likeness (QED) is 0.0169.